The van der Waals surface area contributed by atoms with E-state index in [1.165, 1.54) is 19.3 Å². The molecule has 4 rings (SSSR count). The van der Waals surface area contributed by atoms with Gasteiger partial charge in [0.05, 0.1) is 24.3 Å². The minimum atomic E-state index is -0.174. The smallest absolute Gasteiger partial charge is 0.252 e. The van der Waals surface area contributed by atoms with Crippen LogP contribution >= 0.6 is 11.6 Å². The number of amides is 2. The number of hydrogen-bond donors (Lipinski definition) is 2. The SMILES string of the molecule is O=C(NCCN1CCCCC1)c1cnc2c(c1)N(Cc1ccc(Cl)cc1)C(=O)CN2. The van der Waals surface area contributed by atoms with Crippen molar-refractivity contribution in [3.8, 4) is 0 Å². The largest absolute Gasteiger partial charge is 0.359 e. The molecule has 7 nitrogen and oxygen atoms in total. The first-order valence-corrected chi connectivity index (χ1v) is 10.8. The maximum absolute atomic E-state index is 12.6. The summed E-state index contributed by atoms with van der Waals surface area (Å²) < 4.78 is 0. The van der Waals surface area contributed by atoms with Gasteiger partial charge in [0.25, 0.3) is 5.91 Å². The third kappa shape index (κ3) is 4.91. The quantitative estimate of drug-likeness (QED) is 0.741. The fraction of sp³-hybridized carbons (Fsp3) is 0.409. The number of carbonyl (C=O) groups is 2. The molecule has 1 fully saturated rings. The molecule has 30 heavy (non-hydrogen) atoms. The Bertz CT molecular complexity index is 912. The lowest BCUT2D eigenvalue weighted by Gasteiger charge is -2.30. The van der Waals surface area contributed by atoms with E-state index < -0.39 is 0 Å². The Balaban J connectivity index is 1.44. The third-order valence-corrected chi connectivity index (χ3v) is 5.80. The summed E-state index contributed by atoms with van der Waals surface area (Å²) >= 11 is 5.96. The lowest BCUT2D eigenvalue weighted by atomic mass is 10.1. The number of benzene rings is 1. The summed E-state index contributed by atoms with van der Waals surface area (Å²) in [4.78, 5) is 33.6. The molecule has 2 aliphatic rings. The molecule has 0 bridgehead atoms. The number of fused-ring (bicyclic) bond motifs is 1. The highest BCUT2D eigenvalue weighted by Crippen LogP contribution is 2.30. The van der Waals surface area contributed by atoms with Crippen LogP contribution in [0.3, 0.4) is 0 Å². The zero-order valence-corrected chi connectivity index (χ0v) is 17.6. The average Bonchev–Trinajstić information content (AvgIpc) is 2.77. The summed E-state index contributed by atoms with van der Waals surface area (Å²) in [6.45, 7) is 4.23. The van der Waals surface area contributed by atoms with Crippen molar-refractivity contribution >= 4 is 34.9 Å². The summed E-state index contributed by atoms with van der Waals surface area (Å²) in [6, 6.07) is 9.12. The number of nitrogens with one attached hydrogen (secondary N) is 2. The van der Waals surface area contributed by atoms with Crippen LogP contribution in [-0.4, -0.2) is 54.4 Å². The fourth-order valence-electron chi connectivity index (χ4n) is 3.87. The Morgan fingerprint density at radius 3 is 2.70 bits per heavy atom. The number of nitrogens with zero attached hydrogens (tertiary/aromatic N) is 3. The first kappa shape index (κ1) is 20.6. The molecule has 1 saturated heterocycles. The van der Waals surface area contributed by atoms with Crippen molar-refractivity contribution < 1.29 is 9.59 Å². The Morgan fingerprint density at radius 1 is 1.17 bits per heavy atom. The maximum atomic E-state index is 12.6. The van der Waals surface area contributed by atoms with Gasteiger partial charge < -0.3 is 20.4 Å². The van der Waals surface area contributed by atoms with Crippen molar-refractivity contribution in [2.24, 2.45) is 0 Å². The third-order valence-electron chi connectivity index (χ3n) is 5.54. The molecule has 3 heterocycles. The Morgan fingerprint density at radius 2 is 1.93 bits per heavy atom. The molecular formula is C22H26ClN5O2. The van der Waals surface area contributed by atoms with Crippen LogP contribution in [0.5, 0.6) is 0 Å². The van der Waals surface area contributed by atoms with Gasteiger partial charge in [0, 0.05) is 24.3 Å². The predicted molar refractivity (Wildman–Crippen MR) is 118 cm³/mol. The molecule has 0 atom stereocenters. The van der Waals surface area contributed by atoms with Crippen LogP contribution in [0.1, 0.15) is 35.2 Å². The highest BCUT2D eigenvalue weighted by molar-refractivity contribution is 6.30. The monoisotopic (exact) mass is 427 g/mol. The molecular weight excluding hydrogens is 402 g/mol. The second-order valence-electron chi connectivity index (χ2n) is 7.71. The molecule has 2 aliphatic heterocycles. The molecule has 2 aromatic rings. The summed E-state index contributed by atoms with van der Waals surface area (Å²) in [5.41, 5.74) is 2.02. The number of hydrogen-bond acceptors (Lipinski definition) is 5. The highest BCUT2D eigenvalue weighted by atomic mass is 35.5. The van der Waals surface area contributed by atoms with E-state index in [0.29, 0.717) is 35.2 Å². The van der Waals surface area contributed by atoms with Crippen molar-refractivity contribution in [2.75, 3.05) is 42.9 Å². The summed E-state index contributed by atoms with van der Waals surface area (Å²) in [5.74, 6) is 0.363. The van der Waals surface area contributed by atoms with E-state index in [-0.39, 0.29) is 18.4 Å². The molecule has 0 radical (unpaired) electrons. The topological polar surface area (TPSA) is 77.6 Å². The number of rotatable bonds is 6. The lowest BCUT2D eigenvalue weighted by molar-refractivity contribution is -0.117. The zero-order valence-electron chi connectivity index (χ0n) is 16.9. The number of aromatic nitrogens is 1. The van der Waals surface area contributed by atoms with Gasteiger partial charge in [-0.15, -0.1) is 0 Å². The van der Waals surface area contributed by atoms with Crippen LogP contribution in [-0.2, 0) is 11.3 Å². The maximum Gasteiger partial charge on any atom is 0.252 e. The van der Waals surface area contributed by atoms with Crippen LogP contribution in [0.25, 0.3) is 0 Å². The summed E-state index contributed by atoms with van der Waals surface area (Å²) in [6.07, 6.45) is 5.31. The molecule has 0 aliphatic carbocycles. The van der Waals surface area contributed by atoms with Crippen molar-refractivity contribution in [1.82, 2.24) is 15.2 Å². The van der Waals surface area contributed by atoms with E-state index in [1.54, 1.807) is 29.3 Å². The number of likely N-dealkylation sites (tertiary alicyclic amines) is 1. The van der Waals surface area contributed by atoms with Crippen molar-refractivity contribution in [3.63, 3.8) is 0 Å². The molecule has 1 aromatic carbocycles. The zero-order chi connectivity index (χ0) is 20.9. The van der Waals surface area contributed by atoms with Gasteiger partial charge in [-0.1, -0.05) is 30.2 Å². The summed E-state index contributed by atoms with van der Waals surface area (Å²) in [7, 11) is 0. The van der Waals surface area contributed by atoms with E-state index in [0.717, 1.165) is 25.2 Å². The predicted octanol–water partition coefficient (Wildman–Crippen LogP) is 2.91. The van der Waals surface area contributed by atoms with Gasteiger partial charge in [0.1, 0.15) is 0 Å². The molecule has 0 saturated carbocycles. The van der Waals surface area contributed by atoms with E-state index >= 15 is 0 Å². The van der Waals surface area contributed by atoms with Gasteiger partial charge in [-0.2, -0.15) is 0 Å². The average molecular weight is 428 g/mol. The van der Waals surface area contributed by atoms with E-state index in [1.807, 2.05) is 12.1 Å². The number of carbonyl (C=O) groups excluding carboxylic acids is 2. The molecule has 0 spiro atoms. The number of anilines is 2. The first-order valence-electron chi connectivity index (χ1n) is 10.4. The van der Waals surface area contributed by atoms with Crippen LogP contribution in [0.2, 0.25) is 5.02 Å². The summed E-state index contributed by atoms with van der Waals surface area (Å²) in [5, 5.41) is 6.65. The van der Waals surface area contributed by atoms with E-state index in [9.17, 15) is 9.59 Å². The molecule has 158 valence electrons. The van der Waals surface area contributed by atoms with Crippen LogP contribution < -0.4 is 15.5 Å². The van der Waals surface area contributed by atoms with Crippen molar-refractivity contribution in [1.29, 1.82) is 0 Å². The molecule has 0 unspecified atom stereocenters. The lowest BCUT2D eigenvalue weighted by Crippen LogP contribution is -2.40. The number of halogens is 1. The van der Waals surface area contributed by atoms with Gasteiger partial charge in [0.15, 0.2) is 5.82 Å². The Hall–Kier alpha value is -2.64. The highest BCUT2D eigenvalue weighted by Gasteiger charge is 2.26. The molecule has 8 heteroatoms. The van der Waals surface area contributed by atoms with E-state index in [4.69, 9.17) is 11.6 Å². The molecule has 2 amide bonds. The standard InChI is InChI=1S/C22H26ClN5O2/c23-18-6-4-16(5-7-18)15-28-19-12-17(13-25-21(19)26-14-20(28)29)22(30)24-8-11-27-9-2-1-3-10-27/h4-7,12-13H,1-3,8-11,14-15H2,(H,24,30)(H,25,26). The van der Waals surface area contributed by atoms with Crippen molar-refractivity contribution in [3.05, 3.63) is 52.7 Å². The number of piperidine rings is 1. The van der Waals surface area contributed by atoms with E-state index in [2.05, 4.69) is 20.5 Å². The normalized spacial score (nSPS) is 16.7. The fourth-order valence-corrected chi connectivity index (χ4v) is 3.99. The molecule has 2 N–H and O–H groups in total. The van der Waals surface area contributed by atoms with Gasteiger partial charge in [-0.25, -0.2) is 4.98 Å². The van der Waals surface area contributed by atoms with Gasteiger partial charge >= 0.3 is 0 Å². The van der Waals surface area contributed by atoms with Gasteiger partial charge in [0.2, 0.25) is 5.91 Å². The van der Waals surface area contributed by atoms with Gasteiger partial charge in [-0.3, -0.25) is 9.59 Å². The molecule has 1 aromatic heterocycles. The second kappa shape index (κ2) is 9.45. The van der Waals surface area contributed by atoms with Crippen LogP contribution in [0, 0.1) is 0 Å². The van der Waals surface area contributed by atoms with Crippen molar-refractivity contribution in [2.45, 2.75) is 25.8 Å². The van der Waals surface area contributed by atoms with Crippen LogP contribution in [0.15, 0.2) is 36.5 Å². The van der Waals surface area contributed by atoms with Crippen LogP contribution in [0.4, 0.5) is 11.5 Å². The minimum absolute atomic E-state index is 0.0677. The first-order chi connectivity index (χ1) is 14.6. The second-order valence-corrected chi connectivity index (χ2v) is 8.15. The van der Waals surface area contributed by atoms with Gasteiger partial charge in [-0.05, 0) is 49.7 Å². The minimum Gasteiger partial charge on any atom is -0.359 e. The Labute approximate surface area is 181 Å². The number of pyridine rings is 1. The Kier molecular flexibility index (Phi) is 6.50.